The van der Waals surface area contributed by atoms with Gasteiger partial charge in [0.1, 0.15) is 0 Å². The molecular formula is C13H22N2O4. The Bertz CT molecular complexity index is 334. The van der Waals surface area contributed by atoms with Crippen LogP contribution >= 0.6 is 0 Å². The normalized spacial score (nSPS) is 23.8. The molecule has 108 valence electrons. The fourth-order valence-corrected chi connectivity index (χ4v) is 2.89. The molecule has 2 N–H and O–H groups in total. The number of nitrogens with zero attached hydrogens (tertiary/aromatic N) is 1. The molecule has 0 radical (unpaired) electrons. The largest absolute Gasteiger partial charge is 0.481 e. The van der Waals surface area contributed by atoms with Gasteiger partial charge in [-0.15, -0.1) is 0 Å². The van der Waals surface area contributed by atoms with Gasteiger partial charge in [0.25, 0.3) is 0 Å². The van der Waals surface area contributed by atoms with Crippen LogP contribution in [0.3, 0.4) is 0 Å². The maximum Gasteiger partial charge on any atom is 0.310 e. The van der Waals surface area contributed by atoms with Gasteiger partial charge in [0.05, 0.1) is 18.6 Å². The second-order valence-corrected chi connectivity index (χ2v) is 5.46. The van der Waals surface area contributed by atoms with Crippen LogP contribution in [-0.4, -0.2) is 48.3 Å². The van der Waals surface area contributed by atoms with Crippen LogP contribution in [-0.2, 0) is 14.3 Å². The third-order valence-electron chi connectivity index (χ3n) is 4.06. The molecule has 0 aromatic carbocycles. The molecule has 0 aromatic heterocycles. The van der Waals surface area contributed by atoms with Gasteiger partial charge < -0.3 is 9.84 Å². The van der Waals surface area contributed by atoms with Crippen molar-refractivity contribution in [2.75, 3.05) is 26.3 Å². The van der Waals surface area contributed by atoms with Crippen LogP contribution in [0, 0.1) is 5.41 Å². The van der Waals surface area contributed by atoms with E-state index >= 15 is 0 Å². The van der Waals surface area contributed by atoms with Crippen LogP contribution in [0.5, 0.6) is 0 Å². The van der Waals surface area contributed by atoms with Crippen molar-refractivity contribution < 1.29 is 19.4 Å². The van der Waals surface area contributed by atoms with Gasteiger partial charge in [-0.2, -0.15) is 0 Å². The number of morpholine rings is 1. The molecule has 2 rings (SSSR count). The summed E-state index contributed by atoms with van der Waals surface area (Å²) in [7, 11) is 0. The van der Waals surface area contributed by atoms with Crippen molar-refractivity contribution in [3.05, 3.63) is 0 Å². The second kappa shape index (κ2) is 6.34. The van der Waals surface area contributed by atoms with Crippen LogP contribution in [0.2, 0.25) is 0 Å². The zero-order valence-electron chi connectivity index (χ0n) is 11.2. The minimum absolute atomic E-state index is 0.0830. The third kappa shape index (κ3) is 3.67. The van der Waals surface area contributed by atoms with Gasteiger partial charge in [-0.3, -0.25) is 15.0 Å². The first-order valence-electron chi connectivity index (χ1n) is 6.98. The van der Waals surface area contributed by atoms with Gasteiger partial charge in [0, 0.05) is 19.5 Å². The highest BCUT2D eigenvalue weighted by Crippen LogP contribution is 2.39. The van der Waals surface area contributed by atoms with E-state index in [0.29, 0.717) is 39.1 Å². The molecule has 0 aromatic rings. The van der Waals surface area contributed by atoms with E-state index in [0.717, 1.165) is 19.3 Å². The number of nitrogens with one attached hydrogen (secondary N) is 1. The maximum atomic E-state index is 12.0. The van der Waals surface area contributed by atoms with E-state index in [1.54, 1.807) is 0 Å². The van der Waals surface area contributed by atoms with Gasteiger partial charge in [0.2, 0.25) is 5.91 Å². The van der Waals surface area contributed by atoms with Gasteiger partial charge in [0.15, 0.2) is 0 Å². The zero-order chi connectivity index (χ0) is 13.7. The Morgan fingerprint density at radius 2 is 1.79 bits per heavy atom. The van der Waals surface area contributed by atoms with Gasteiger partial charge in [-0.05, 0) is 12.8 Å². The number of amides is 1. The number of rotatable bonds is 4. The highest BCUT2D eigenvalue weighted by Gasteiger charge is 2.41. The lowest BCUT2D eigenvalue weighted by atomic mass is 9.71. The van der Waals surface area contributed by atoms with E-state index in [9.17, 15) is 14.7 Å². The Labute approximate surface area is 113 Å². The number of carboxylic acid groups (broad SMARTS) is 1. The summed E-state index contributed by atoms with van der Waals surface area (Å²) in [5, 5.41) is 11.2. The maximum absolute atomic E-state index is 12.0. The number of hydrogen-bond donors (Lipinski definition) is 2. The fourth-order valence-electron chi connectivity index (χ4n) is 2.89. The summed E-state index contributed by atoms with van der Waals surface area (Å²) in [6, 6.07) is 0. The van der Waals surface area contributed by atoms with Crippen LogP contribution in [0.1, 0.15) is 38.5 Å². The van der Waals surface area contributed by atoms with E-state index in [4.69, 9.17) is 4.74 Å². The molecular weight excluding hydrogens is 248 g/mol. The number of carbonyl (C=O) groups excluding carboxylic acids is 1. The minimum atomic E-state index is -0.853. The summed E-state index contributed by atoms with van der Waals surface area (Å²) in [4.78, 5) is 23.5. The SMILES string of the molecule is O=C(CC1(C(=O)O)CCCCC1)NN1CCOCC1. The summed E-state index contributed by atoms with van der Waals surface area (Å²) in [6.45, 7) is 2.52. The topological polar surface area (TPSA) is 78.9 Å². The van der Waals surface area contributed by atoms with Crippen molar-refractivity contribution in [3.8, 4) is 0 Å². The molecule has 0 spiro atoms. The molecule has 0 bridgehead atoms. The highest BCUT2D eigenvalue weighted by atomic mass is 16.5. The van der Waals surface area contributed by atoms with E-state index in [-0.39, 0.29) is 12.3 Å². The number of hydrazine groups is 1. The van der Waals surface area contributed by atoms with Crippen molar-refractivity contribution in [2.24, 2.45) is 5.41 Å². The summed E-state index contributed by atoms with van der Waals surface area (Å²) < 4.78 is 5.20. The molecule has 1 aliphatic heterocycles. The molecule has 0 unspecified atom stereocenters. The Kier molecular flexibility index (Phi) is 4.76. The molecule has 1 heterocycles. The molecule has 1 aliphatic carbocycles. The number of ether oxygens (including phenoxy) is 1. The first-order valence-corrected chi connectivity index (χ1v) is 6.98. The first-order chi connectivity index (χ1) is 9.12. The van der Waals surface area contributed by atoms with E-state index in [1.807, 2.05) is 5.01 Å². The molecule has 1 saturated heterocycles. The van der Waals surface area contributed by atoms with Crippen molar-refractivity contribution in [3.63, 3.8) is 0 Å². The summed E-state index contributed by atoms with van der Waals surface area (Å²) in [6.07, 6.45) is 4.17. The molecule has 2 fully saturated rings. The quantitative estimate of drug-likeness (QED) is 0.789. The molecule has 2 aliphatic rings. The van der Waals surface area contributed by atoms with Crippen molar-refractivity contribution in [1.82, 2.24) is 10.4 Å². The fraction of sp³-hybridized carbons (Fsp3) is 0.846. The zero-order valence-corrected chi connectivity index (χ0v) is 11.2. The monoisotopic (exact) mass is 270 g/mol. The van der Waals surface area contributed by atoms with E-state index < -0.39 is 11.4 Å². The number of carbonyl (C=O) groups is 2. The molecule has 1 saturated carbocycles. The highest BCUT2D eigenvalue weighted by molar-refractivity contribution is 5.84. The lowest BCUT2D eigenvalue weighted by Gasteiger charge is -2.34. The Balaban J connectivity index is 1.89. The average Bonchev–Trinajstić information content (AvgIpc) is 2.40. The van der Waals surface area contributed by atoms with Crippen molar-refractivity contribution >= 4 is 11.9 Å². The number of carboxylic acids is 1. The predicted octanol–water partition coefficient (Wildman–Crippen LogP) is 0.775. The van der Waals surface area contributed by atoms with Crippen LogP contribution in [0.15, 0.2) is 0 Å². The Hall–Kier alpha value is -1.14. The lowest BCUT2D eigenvalue weighted by molar-refractivity contribution is -0.155. The number of aliphatic carboxylic acids is 1. The van der Waals surface area contributed by atoms with E-state index in [2.05, 4.69) is 5.43 Å². The summed E-state index contributed by atoms with van der Waals surface area (Å²) >= 11 is 0. The Morgan fingerprint density at radius 3 is 2.37 bits per heavy atom. The summed E-state index contributed by atoms with van der Waals surface area (Å²) in [5.74, 6) is -1.02. The van der Waals surface area contributed by atoms with Crippen LogP contribution in [0.25, 0.3) is 0 Å². The van der Waals surface area contributed by atoms with Crippen LogP contribution < -0.4 is 5.43 Å². The van der Waals surface area contributed by atoms with Gasteiger partial charge >= 0.3 is 5.97 Å². The van der Waals surface area contributed by atoms with Crippen LogP contribution in [0.4, 0.5) is 0 Å². The van der Waals surface area contributed by atoms with Crippen molar-refractivity contribution in [1.29, 1.82) is 0 Å². The standard InChI is InChI=1S/C13H22N2O4/c16-11(14-15-6-8-19-9-7-15)10-13(12(17)18)4-2-1-3-5-13/h1-10H2,(H,14,16)(H,17,18). The second-order valence-electron chi connectivity index (χ2n) is 5.46. The Morgan fingerprint density at radius 1 is 1.16 bits per heavy atom. The average molecular weight is 270 g/mol. The lowest BCUT2D eigenvalue weighted by Crippen LogP contribution is -2.50. The number of hydrogen-bond acceptors (Lipinski definition) is 4. The predicted molar refractivity (Wildman–Crippen MR) is 68.3 cm³/mol. The molecule has 6 nitrogen and oxygen atoms in total. The first kappa shape index (κ1) is 14.3. The summed E-state index contributed by atoms with van der Waals surface area (Å²) in [5.41, 5.74) is 1.94. The third-order valence-corrected chi connectivity index (χ3v) is 4.06. The minimum Gasteiger partial charge on any atom is -0.481 e. The van der Waals surface area contributed by atoms with Gasteiger partial charge in [-0.25, -0.2) is 5.01 Å². The molecule has 1 amide bonds. The van der Waals surface area contributed by atoms with Gasteiger partial charge in [-0.1, -0.05) is 19.3 Å². The molecule has 0 atom stereocenters. The smallest absolute Gasteiger partial charge is 0.310 e. The molecule has 19 heavy (non-hydrogen) atoms. The van der Waals surface area contributed by atoms with E-state index in [1.165, 1.54) is 0 Å². The molecule has 6 heteroatoms. The van der Waals surface area contributed by atoms with Crippen molar-refractivity contribution in [2.45, 2.75) is 38.5 Å².